The van der Waals surface area contributed by atoms with Gasteiger partial charge in [0, 0.05) is 10.5 Å². The maximum absolute atomic E-state index is 12.5. The van der Waals surface area contributed by atoms with Crippen molar-refractivity contribution in [3.8, 4) is 11.5 Å². The van der Waals surface area contributed by atoms with Crippen LogP contribution in [0.1, 0.15) is 34.6 Å². The first-order valence-corrected chi connectivity index (χ1v) is 9.42. The third-order valence-electron chi connectivity index (χ3n) is 3.73. The minimum Gasteiger partial charge on any atom is -0.496 e. The maximum Gasteiger partial charge on any atom is 0.342 e. The van der Waals surface area contributed by atoms with Crippen molar-refractivity contribution in [1.29, 1.82) is 0 Å². The van der Waals surface area contributed by atoms with Crippen LogP contribution in [0.5, 0.6) is 11.5 Å². The Morgan fingerprint density at radius 2 is 1.81 bits per heavy atom. The number of hydrogen-bond donors (Lipinski definition) is 0. The van der Waals surface area contributed by atoms with E-state index in [1.807, 2.05) is 19.2 Å². The summed E-state index contributed by atoms with van der Waals surface area (Å²) in [6, 6.07) is 12.0. The summed E-state index contributed by atoms with van der Waals surface area (Å²) >= 11 is 1.54. The van der Waals surface area contributed by atoms with Gasteiger partial charge in [-0.05, 0) is 62.6 Å². The highest BCUT2D eigenvalue weighted by atomic mass is 32.2. The number of esters is 1. The second kappa shape index (κ2) is 9.29. The third kappa shape index (κ3) is 4.79. The summed E-state index contributed by atoms with van der Waals surface area (Å²) in [6.45, 7) is 4.00. The maximum atomic E-state index is 12.5. The van der Waals surface area contributed by atoms with Crippen LogP contribution in [0.2, 0.25) is 0 Å². The molecular formula is C20H22O5S. The average Bonchev–Trinajstić information content (AvgIpc) is 2.67. The molecule has 0 amide bonds. The normalized spacial score (nSPS) is 11.5. The zero-order chi connectivity index (χ0) is 19.1. The molecule has 26 heavy (non-hydrogen) atoms. The molecule has 0 unspecified atom stereocenters. The number of carbonyl (C=O) groups is 2. The van der Waals surface area contributed by atoms with Gasteiger partial charge in [0.1, 0.15) is 17.1 Å². The summed E-state index contributed by atoms with van der Waals surface area (Å²) in [5, 5.41) is 0. The molecule has 0 aromatic heterocycles. The van der Waals surface area contributed by atoms with Gasteiger partial charge in [0.25, 0.3) is 0 Å². The Balaban J connectivity index is 2.09. The van der Waals surface area contributed by atoms with Crippen LogP contribution in [-0.2, 0) is 4.74 Å². The van der Waals surface area contributed by atoms with Gasteiger partial charge in [-0.15, -0.1) is 11.8 Å². The van der Waals surface area contributed by atoms with Crippen LogP contribution in [-0.4, -0.2) is 37.8 Å². The topological polar surface area (TPSA) is 61.8 Å². The van der Waals surface area contributed by atoms with Crippen molar-refractivity contribution >= 4 is 23.5 Å². The Morgan fingerprint density at radius 3 is 2.38 bits per heavy atom. The first kappa shape index (κ1) is 19.8. The molecule has 0 aliphatic heterocycles. The molecule has 0 saturated carbocycles. The smallest absolute Gasteiger partial charge is 0.342 e. The number of ketones is 1. The number of carbonyl (C=O) groups excluding carboxylic acids is 2. The van der Waals surface area contributed by atoms with Gasteiger partial charge in [0.05, 0.1) is 13.7 Å². The Hall–Kier alpha value is -2.47. The minimum atomic E-state index is -0.912. The molecule has 0 aliphatic carbocycles. The summed E-state index contributed by atoms with van der Waals surface area (Å²) < 4.78 is 16.0. The summed E-state index contributed by atoms with van der Waals surface area (Å²) in [4.78, 5) is 25.9. The van der Waals surface area contributed by atoms with Crippen molar-refractivity contribution in [3.63, 3.8) is 0 Å². The Bertz CT molecular complexity index is 770. The van der Waals surface area contributed by atoms with E-state index in [1.54, 1.807) is 55.1 Å². The molecule has 2 rings (SSSR count). The van der Waals surface area contributed by atoms with Crippen LogP contribution < -0.4 is 9.47 Å². The van der Waals surface area contributed by atoms with Crippen LogP contribution in [0.25, 0.3) is 0 Å². The number of ether oxygens (including phenoxy) is 3. The van der Waals surface area contributed by atoms with E-state index in [4.69, 9.17) is 14.2 Å². The lowest BCUT2D eigenvalue weighted by molar-refractivity contribution is 0.0315. The van der Waals surface area contributed by atoms with E-state index in [-0.39, 0.29) is 11.3 Å². The molecule has 0 saturated heterocycles. The van der Waals surface area contributed by atoms with Crippen LogP contribution in [0.4, 0.5) is 0 Å². The monoisotopic (exact) mass is 374 g/mol. The van der Waals surface area contributed by atoms with Crippen LogP contribution >= 0.6 is 11.8 Å². The zero-order valence-corrected chi connectivity index (χ0v) is 16.1. The molecule has 0 fully saturated rings. The SMILES string of the molecule is CCOc1ccc(C(=O)[C@H](C)OC(=O)c2ccc(SC)cc2OC)cc1. The first-order valence-electron chi connectivity index (χ1n) is 8.20. The fourth-order valence-corrected chi connectivity index (χ4v) is 2.79. The van der Waals surface area contributed by atoms with Gasteiger partial charge < -0.3 is 14.2 Å². The number of methoxy groups -OCH3 is 1. The van der Waals surface area contributed by atoms with Crippen molar-refractivity contribution in [1.82, 2.24) is 0 Å². The zero-order valence-electron chi connectivity index (χ0n) is 15.3. The molecule has 2 aromatic rings. The van der Waals surface area contributed by atoms with E-state index in [2.05, 4.69) is 0 Å². The molecular weight excluding hydrogens is 352 g/mol. The number of benzene rings is 2. The number of hydrogen-bond acceptors (Lipinski definition) is 6. The van der Waals surface area contributed by atoms with E-state index in [9.17, 15) is 9.59 Å². The Kier molecular flexibility index (Phi) is 7.09. The molecule has 0 spiro atoms. The Labute approximate surface area is 157 Å². The van der Waals surface area contributed by atoms with Crippen LogP contribution in [0, 0.1) is 0 Å². The lowest BCUT2D eigenvalue weighted by Crippen LogP contribution is -2.24. The lowest BCUT2D eigenvalue weighted by Gasteiger charge is -2.14. The Morgan fingerprint density at radius 1 is 1.12 bits per heavy atom. The van der Waals surface area contributed by atoms with E-state index in [0.717, 1.165) is 4.90 Å². The van der Waals surface area contributed by atoms with Gasteiger partial charge in [0.2, 0.25) is 5.78 Å². The highest BCUT2D eigenvalue weighted by molar-refractivity contribution is 7.98. The van der Waals surface area contributed by atoms with E-state index < -0.39 is 12.1 Å². The predicted molar refractivity (Wildman–Crippen MR) is 102 cm³/mol. The quantitative estimate of drug-likeness (QED) is 0.391. The van der Waals surface area contributed by atoms with E-state index in [0.29, 0.717) is 23.7 Å². The molecule has 0 aliphatic rings. The second-order valence-corrected chi connectivity index (χ2v) is 6.32. The first-order chi connectivity index (χ1) is 12.5. The standard InChI is InChI=1S/C20H22O5S/c1-5-24-15-8-6-14(7-9-15)19(21)13(2)25-20(22)17-11-10-16(26-4)12-18(17)23-3/h6-13H,5H2,1-4H3/t13-/m0/s1. The fraction of sp³-hybridized carbons (Fsp3) is 0.300. The van der Waals surface area contributed by atoms with Crippen molar-refractivity contribution in [2.45, 2.75) is 24.8 Å². The highest BCUT2D eigenvalue weighted by Crippen LogP contribution is 2.26. The average molecular weight is 374 g/mol. The highest BCUT2D eigenvalue weighted by Gasteiger charge is 2.22. The van der Waals surface area contributed by atoms with Crippen molar-refractivity contribution in [3.05, 3.63) is 53.6 Å². The summed E-state index contributed by atoms with van der Waals surface area (Å²) in [5.41, 5.74) is 0.745. The predicted octanol–water partition coefficient (Wildman–Crippen LogP) is 4.24. The summed E-state index contributed by atoms with van der Waals surface area (Å²) in [5.74, 6) is 0.234. The molecule has 138 valence electrons. The lowest BCUT2D eigenvalue weighted by atomic mass is 10.1. The third-order valence-corrected chi connectivity index (χ3v) is 4.46. The van der Waals surface area contributed by atoms with Gasteiger partial charge >= 0.3 is 5.97 Å². The van der Waals surface area contributed by atoms with Crippen LogP contribution in [0.15, 0.2) is 47.4 Å². The van der Waals surface area contributed by atoms with Crippen molar-refractivity contribution < 1.29 is 23.8 Å². The second-order valence-electron chi connectivity index (χ2n) is 5.44. The van der Waals surface area contributed by atoms with Crippen LogP contribution in [0.3, 0.4) is 0 Å². The van der Waals surface area contributed by atoms with Gasteiger partial charge in [-0.1, -0.05) is 0 Å². The number of rotatable bonds is 8. The van der Waals surface area contributed by atoms with E-state index >= 15 is 0 Å². The van der Waals surface area contributed by atoms with Gasteiger partial charge in [-0.3, -0.25) is 4.79 Å². The molecule has 0 heterocycles. The molecule has 1 atom stereocenters. The molecule has 6 heteroatoms. The van der Waals surface area contributed by atoms with Gasteiger partial charge in [-0.25, -0.2) is 4.79 Å². The fourth-order valence-electron chi connectivity index (χ4n) is 2.36. The van der Waals surface area contributed by atoms with Gasteiger partial charge in [0.15, 0.2) is 6.10 Å². The summed E-state index contributed by atoms with van der Waals surface area (Å²) in [6.07, 6.45) is 1.02. The largest absolute Gasteiger partial charge is 0.496 e. The molecule has 2 aromatic carbocycles. The molecule has 5 nitrogen and oxygen atoms in total. The number of Topliss-reactive ketones (excluding diaryl/α,β-unsaturated/α-hetero) is 1. The molecule has 0 radical (unpaired) electrons. The van der Waals surface area contributed by atoms with Crippen molar-refractivity contribution in [2.24, 2.45) is 0 Å². The van der Waals surface area contributed by atoms with Crippen molar-refractivity contribution in [2.75, 3.05) is 20.0 Å². The minimum absolute atomic E-state index is 0.277. The summed E-state index contributed by atoms with van der Waals surface area (Å²) in [7, 11) is 1.49. The molecule has 0 bridgehead atoms. The molecule has 0 N–H and O–H groups in total. The van der Waals surface area contributed by atoms with E-state index in [1.165, 1.54) is 7.11 Å². The van der Waals surface area contributed by atoms with Gasteiger partial charge in [-0.2, -0.15) is 0 Å². The number of thioether (sulfide) groups is 1.